The summed E-state index contributed by atoms with van der Waals surface area (Å²) in [5.74, 6) is 0.590. The maximum atomic E-state index is 12.1. The van der Waals surface area contributed by atoms with Crippen molar-refractivity contribution >= 4 is 35.1 Å². The summed E-state index contributed by atoms with van der Waals surface area (Å²) in [6.45, 7) is 0.398. The largest absolute Gasteiger partial charge is 0.334 e. The number of rotatable bonds is 8. The van der Waals surface area contributed by atoms with Crippen LogP contribution in [0.15, 0.2) is 48.8 Å². The van der Waals surface area contributed by atoms with Crippen molar-refractivity contribution < 1.29 is 9.59 Å². The van der Waals surface area contributed by atoms with E-state index >= 15 is 0 Å². The molecule has 0 saturated carbocycles. The fraction of sp³-hybridized carbons (Fsp3) is 0.278. The molecule has 0 fully saturated rings. The second kappa shape index (κ2) is 10.4. The monoisotopic (exact) mass is 373 g/mol. The highest BCUT2D eigenvalue weighted by Crippen LogP contribution is 2.15. The van der Waals surface area contributed by atoms with E-state index in [0.717, 1.165) is 11.3 Å². The highest BCUT2D eigenvalue weighted by molar-refractivity contribution is 7.98. The minimum atomic E-state index is -0.553. The van der Waals surface area contributed by atoms with Gasteiger partial charge in [0.2, 0.25) is 5.91 Å². The van der Waals surface area contributed by atoms with Crippen molar-refractivity contribution in [3.63, 3.8) is 0 Å². The van der Waals surface area contributed by atoms with E-state index in [2.05, 4.69) is 20.9 Å². The molecule has 8 heteroatoms. The van der Waals surface area contributed by atoms with E-state index in [1.807, 2.05) is 18.4 Å². The minimum Gasteiger partial charge on any atom is -0.334 e. The van der Waals surface area contributed by atoms with Crippen LogP contribution in [-0.4, -0.2) is 35.0 Å². The Bertz CT molecular complexity index is 727. The number of hydrogen-bond acceptors (Lipinski definition) is 5. The van der Waals surface area contributed by atoms with Crippen molar-refractivity contribution in [2.24, 2.45) is 5.73 Å². The lowest BCUT2D eigenvalue weighted by molar-refractivity contribution is -0.117. The zero-order valence-corrected chi connectivity index (χ0v) is 15.4. The number of hydrogen-bond donors (Lipinski definition) is 4. The van der Waals surface area contributed by atoms with Crippen LogP contribution in [0.2, 0.25) is 0 Å². The van der Waals surface area contributed by atoms with Gasteiger partial charge in [-0.25, -0.2) is 4.79 Å². The van der Waals surface area contributed by atoms with Crippen molar-refractivity contribution in [2.45, 2.75) is 19.0 Å². The van der Waals surface area contributed by atoms with Crippen LogP contribution < -0.4 is 21.7 Å². The van der Waals surface area contributed by atoms with Crippen LogP contribution >= 0.6 is 11.8 Å². The van der Waals surface area contributed by atoms with Gasteiger partial charge in [-0.3, -0.25) is 9.78 Å². The van der Waals surface area contributed by atoms with Crippen LogP contribution in [0.25, 0.3) is 0 Å². The molecule has 0 bridgehead atoms. The molecule has 2 rings (SSSR count). The van der Waals surface area contributed by atoms with Gasteiger partial charge >= 0.3 is 6.03 Å². The fourth-order valence-electron chi connectivity index (χ4n) is 2.14. The quantitative estimate of drug-likeness (QED) is 0.568. The molecule has 2 aromatic rings. The molecular formula is C18H23N5O2S. The Labute approximate surface area is 157 Å². The summed E-state index contributed by atoms with van der Waals surface area (Å²) in [7, 11) is 0. The molecule has 0 spiro atoms. The van der Waals surface area contributed by atoms with Crippen LogP contribution in [0, 0.1) is 0 Å². The number of urea groups is 1. The van der Waals surface area contributed by atoms with Crippen LogP contribution in [0.5, 0.6) is 0 Å². The van der Waals surface area contributed by atoms with Gasteiger partial charge in [0.15, 0.2) is 0 Å². The average Bonchev–Trinajstić information content (AvgIpc) is 2.65. The lowest BCUT2D eigenvalue weighted by Crippen LogP contribution is -2.36. The molecule has 5 N–H and O–H groups in total. The summed E-state index contributed by atoms with van der Waals surface area (Å²) in [5, 5.41) is 8.27. The zero-order chi connectivity index (χ0) is 18.8. The van der Waals surface area contributed by atoms with Gasteiger partial charge in [0.25, 0.3) is 0 Å². The molecule has 1 heterocycles. The van der Waals surface area contributed by atoms with Gasteiger partial charge in [0, 0.05) is 30.3 Å². The Morgan fingerprint density at radius 3 is 2.54 bits per heavy atom. The molecule has 0 aliphatic carbocycles. The second-order valence-electron chi connectivity index (χ2n) is 5.62. The Morgan fingerprint density at radius 1 is 1.15 bits per heavy atom. The topological polar surface area (TPSA) is 109 Å². The van der Waals surface area contributed by atoms with E-state index in [1.165, 1.54) is 0 Å². The number of carbonyl (C=O) groups excluding carboxylic acids is 2. The molecule has 1 aromatic heterocycles. The molecule has 0 aliphatic rings. The number of thioether (sulfide) groups is 1. The van der Waals surface area contributed by atoms with E-state index in [1.54, 1.807) is 48.4 Å². The first kappa shape index (κ1) is 19.7. The molecule has 26 heavy (non-hydrogen) atoms. The summed E-state index contributed by atoms with van der Waals surface area (Å²) >= 11 is 1.65. The number of aromatic nitrogens is 1. The molecule has 0 radical (unpaired) electrons. The number of nitrogens with zero attached hydrogens (tertiary/aromatic N) is 1. The summed E-state index contributed by atoms with van der Waals surface area (Å²) in [4.78, 5) is 28.0. The van der Waals surface area contributed by atoms with Crippen LogP contribution in [0.4, 0.5) is 16.2 Å². The molecule has 1 atom stereocenters. The summed E-state index contributed by atoms with van der Waals surface area (Å²) in [6.07, 6.45) is 5.93. The van der Waals surface area contributed by atoms with Gasteiger partial charge in [-0.05, 0) is 54.3 Å². The molecule has 3 amide bonds. The highest BCUT2D eigenvalue weighted by Gasteiger charge is 2.13. The maximum Gasteiger partial charge on any atom is 0.319 e. The molecule has 1 aromatic carbocycles. The lowest BCUT2D eigenvalue weighted by atomic mass is 10.2. The summed E-state index contributed by atoms with van der Waals surface area (Å²) in [6, 6.07) is 9.71. The first-order chi connectivity index (χ1) is 12.6. The Balaban J connectivity index is 1.86. The molecule has 0 aliphatic heterocycles. The second-order valence-corrected chi connectivity index (χ2v) is 6.61. The number of carbonyl (C=O) groups is 2. The van der Waals surface area contributed by atoms with Crippen LogP contribution in [0.1, 0.15) is 12.0 Å². The number of nitrogens with two attached hydrogens (primary N) is 1. The van der Waals surface area contributed by atoms with Crippen molar-refractivity contribution in [2.75, 3.05) is 22.6 Å². The number of amides is 3. The minimum absolute atomic E-state index is 0.238. The van der Waals surface area contributed by atoms with Crippen molar-refractivity contribution in [3.8, 4) is 0 Å². The van der Waals surface area contributed by atoms with E-state index in [-0.39, 0.29) is 11.9 Å². The third-order valence-electron chi connectivity index (χ3n) is 3.56. The van der Waals surface area contributed by atoms with Crippen molar-refractivity contribution in [1.82, 2.24) is 10.3 Å². The van der Waals surface area contributed by atoms with Gasteiger partial charge in [-0.15, -0.1) is 0 Å². The summed E-state index contributed by atoms with van der Waals surface area (Å²) in [5.41, 5.74) is 7.97. The predicted molar refractivity (Wildman–Crippen MR) is 106 cm³/mol. The molecule has 0 unspecified atom stereocenters. The Kier molecular flexibility index (Phi) is 7.91. The number of pyridine rings is 1. The average molecular weight is 373 g/mol. The standard InChI is InChI=1S/C18H23N5O2S/c1-26-10-7-16(19)17(24)22-14-3-2-4-15(11-14)23-18(25)21-12-13-5-8-20-9-6-13/h2-6,8-9,11,16H,7,10,12,19H2,1H3,(H,22,24)(H2,21,23,25)/t16-/m0/s1. The van der Waals surface area contributed by atoms with Crippen LogP contribution in [-0.2, 0) is 11.3 Å². The van der Waals surface area contributed by atoms with E-state index < -0.39 is 6.04 Å². The van der Waals surface area contributed by atoms with Gasteiger partial charge in [0.1, 0.15) is 0 Å². The lowest BCUT2D eigenvalue weighted by Gasteiger charge is -2.13. The van der Waals surface area contributed by atoms with Gasteiger partial charge < -0.3 is 21.7 Å². The van der Waals surface area contributed by atoms with Gasteiger partial charge in [0.05, 0.1) is 6.04 Å². The smallest absolute Gasteiger partial charge is 0.319 e. The fourth-order valence-corrected chi connectivity index (χ4v) is 2.63. The van der Waals surface area contributed by atoms with E-state index in [4.69, 9.17) is 5.73 Å². The normalized spacial score (nSPS) is 11.5. The number of benzene rings is 1. The maximum absolute atomic E-state index is 12.1. The molecular weight excluding hydrogens is 350 g/mol. The first-order valence-electron chi connectivity index (χ1n) is 8.17. The van der Waals surface area contributed by atoms with Gasteiger partial charge in [-0.2, -0.15) is 11.8 Å². The molecule has 0 saturated heterocycles. The molecule has 7 nitrogen and oxygen atoms in total. The first-order valence-corrected chi connectivity index (χ1v) is 9.57. The van der Waals surface area contributed by atoms with E-state index in [9.17, 15) is 9.59 Å². The van der Waals surface area contributed by atoms with Crippen LogP contribution in [0.3, 0.4) is 0 Å². The number of anilines is 2. The SMILES string of the molecule is CSCC[C@H](N)C(=O)Nc1cccc(NC(=O)NCc2ccncc2)c1. The van der Waals surface area contributed by atoms with E-state index in [0.29, 0.717) is 24.3 Å². The Hall–Kier alpha value is -2.58. The predicted octanol–water partition coefficient (Wildman–Crippen LogP) is 2.42. The van der Waals surface area contributed by atoms with Crippen molar-refractivity contribution in [3.05, 3.63) is 54.4 Å². The van der Waals surface area contributed by atoms with Crippen molar-refractivity contribution in [1.29, 1.82) is 0 Å². The molecule has 138 valence electrons. The third kappa shape index (κ3) is 6.73. The third-order valence-corrected chi connectivity index (χ3v) is 4.20. The van der Waals surface area contributed by atoms with Gasteiger partial charge in [-0.1, -0.05) is 6.07 Å². The number of nitrogens with one attached hydrogen (secondary N) is 3. The zero-order valence-electron chi connectivity index (χ0n) is 14.6. The highest BCUT2D eigenvalue weighted by atomic mass is 32.2. The Morgan fingerprint density at radius 2 is 1.85 bits per heavy atom. The summed E-state index contributed by atoms with van der Waals surface area (Å²) < 4.78 is 0.